The number of aliphatic hydroxyl groups is 1. The molecule has 8 nitrogen and oxygen atoms in total. The van der Waals surface area contributed by atoms with E-state index in [1.54, 1.807) is 12.1 Å². The number of aryl methyl sites for hydroxylation is 1. The molecule has 2 aliphatic rings. The van der Waals surface area contributed by atoms with Crippen LogP contribution in [0.4, 0.5) is 14.9 Å². The second-order valence-corrected chi connectivity index (χ2v) is 12.7. The topological polar surface area (TPSA) is 71.5 Å². The van der Waals surface area contributed by atoms with Crippen molar-refractivity contribution in [2.75, 3.05) is 64.4 Å². The number of hydrogen-bond donors (Lipinski definition) is 2. The number of likely N-dealkylation sites (tertiary alicyclic amines) is 1. The van der Waals surface area contributed by atoms with Gasteiger partial charge in [0.1, 0.15) is 24.3 Å². The summed E-state index contributed by atoms with van der Waals surface area (Å²) >= 11 is 6.31. The second kappa shape index (κ2) is 15.8. The van der Waals surface area contributed by atoms with Gasteiger partial charge in [-0.1, -0.05) is 41.9 Å². The number of halogens is 2. The average molecular weight is 638 g/mol. The van der Waals surface area contributed by atoms with Crippen LogP contribution in [0.1, 0.15) is 29.5 Å². The first-order chi connectivity index (χ1) is 21.7. The van der Waals surface area contributed by atoms with E-state index in [9.17, 15) is 14.3 Å². The first-order valence-electron chi connectivity index (χ1n) is 15.8. The highest BCUT2D eigenvalue weighted by Gasteiger charge is 2.27. The Bertz CT molecular complexity index is 1380. The smallest absolute Gasteiger partial charge is 0.318 e. The number of nitrogens with one attached hydrogen (secondary N) is 1. The van der Waals surface area contributed by atoms with Gasteiger partial charge in [-0.2, -0.15) is 0 Å². The number of amides is 2. The number of carbonyl (C=O) groups is 1. The lowest BCUT2D eigenvalue weighted by atomic mass is 10.0. The summed E-state index contributed by atoms with van der Waals surface area (Å²) in [5, 5.41) is 14.5. The van der Waals surface area contributed by atoms with E-state index in [0.29, 0.717) is 25.4 Å². The number of aliphatic hydroxyl groups excluding tert-OH is 1. The SMILES string of the molecule is Cc1ccc(N2CCN(CC(O)COc3ccc(CNC(=O)N(Cc4ccc(F)cc4)C4CCN(C)CC4)cc3)CC2)cc1Cl. The number of hydrogen-bond acceptors (Lipinski definition) is 6. The van der Waals surface area contributed by atoms with Crippen LogP contribution in [0.5, 0.6) is 5.75 Å². The van der Waals surface area contributed by atoms with Gasteiger partial charge in [0.15, 0.2) is 0 Å². The molecule has 0 spiro atoms. The van der Waals surface area contributed by atoms with Crippen molar-refractivity contribution < 1.29 is 19.0 Å². The monoisotopic (exact) mass is 637 g/mol. The summed E-state index contributed by atoms with van der Waals surface area (Å²) in [5.41, 5.74) is 4.07. The minimum Gasteiger partial charge on any atom is -0.491 e. The van der Waals surface area contributed by atoms with E-state index in [-0.39, 0.29) is 24.5 Å². The molecule has 3 aromatic carbocycles. The Balaban J connectivity index is 1.05. The molecule has 242 valence electrons. The van der Waals surface area contributed by atoms with E-state index in [2.05, 4.69) is 39.2 Å². The maximum Gasteiger partial charge on any atom is 0.318 e. The van der Waals surface area contributed by atoms with E-state index in [1.807, 2.05) is 42.2 Å². The van der Waals surface area contributed by atoms with Gasteiger partial charge >= 0.3 is 6.03 Å². The lowest BCUT2D eigenvalue weighted by Crippen LogP contribution is -2.49. The number of piperazine rings is 1. The largest absolute Gasteiger partial charge is 0.491 e. The zero-order valence-electron chi connectivity index (χ0n) is 26.3. The van der Waals surface area contributed by atoms with Crippen molar-refractivity contribution in [2.45, 2.75) is 45.0 Å². The summed E-state index contributed by atoms with van der Waals surface area (Å²) in [6.07, 6.45) is 1.21. The molecule has 0 aliphatic carbocycles. The molecule has 2 amide bonds. The fraction of sp³-hybridized carbons (Fsp3) is 0.457. The van der Waals surface area contributed by atoms with Crippen LogP contribution in [0, 0.1) is 12.7 Å². The number of benzene rings is 3. The molecule has 2 N–H and O–H groups in total. The predicted octanol–water partition coefficient (Wildman–Crippen LogP) is 5.16. The maximum atomic E-state index is 13.5. The van der Waals surface area contributed by atoms with Crippen molar-refractivity contribution in [3.05, 3.63) is 94.3 Å². The number of piperidine rings is 1. The van der Waals surface area contributed by atoms with E-state index in [4.69, 9.17) is 16.3 Å². The van der Waals surface area contributed by atoms with Crippen molar-refractivity contribution in [1.82, 2.24) is 20.0 Å². The van der Waals surface area contributed by atoms with Crippen LogP contribution in [-0.4, -0.2) is 97.5 Å². The third-order valence-electron chi connectivity index (χ3n) is 8.83. The fourth-order valence-electron chi connectivity index (χ4n) is 5.95. The summed E-state index contributed by atoms with van der Waals surface area (Å²) in [6, 6.07) is 20.1. The molecule has 2 aliphatic heterocycles. The molecule has 0 bridgehead atoms. The van der Waals surface area contributed by atoms with Crippen molar-refractivity contribution in [3.8, 4) is 5.75 Å². The van der Waals surface area contributed by atoms with Crippen molar-refractivity contribution >= 4 is 23.3 Å². The van der Waals surface area contributed by atoms with Crippen LogP contribution in [0.3, 0.4) is 0 Å². The first kappa shape index (κ1) is 33.0. The van der Waals surface area contributed by atoms with Crippen LogP contribution < -0.4 is 15.0 Å². The number of β-amino-alcohol motifs (C(OH)–C–C–N with tert-alkyl or cyclic N) is 1. The summed E-state index contributed by atoms with van der Waals surface area (Å²) in [5.74, 6) is 0.393. The number of ether oxygens (including phenoxy) is 1. The summed E-state index contributed by atoms with van der Waals surface area (Å²) in [7, 11) is 2.10. The van der Waals surface area contributed by atoms with E-state index in [0.717, 1.165) is 79.5 Å². The molecular formula is C35H45ClFN5O3. The van der Waals surface area contributed by atoms with Gasteiger partial charge in [0.25, 0.3) is 0 Å². The quantitative estimate of drug-likeness (QED) is 0.303. The van der Waals surface area contributed by atoms with Gasteiger partial charge in [0.05, 0.1) is 0 Å². The molecule has 2 fully saturated rings. The lowest BCUT2D eigenvalue weighted by Gasteiger charge is -2.37. The summed E-state index contributed by atoms with van der Waals surface area (Å²) in [4.78, 5) is 22.1. The Hall–Kier alpha value is -3.37. The zero-order chi connectivity index (χ0) is 31.8. The van der Waals surface area contributed by atoms with Gasteiger partial charge in [-0.15, -0.1) is 0 Å². The van der Waals surface area contributed by atoms with Crippen LogP contribution in [0.15, 0.2) is 66.7 Å². The predicted molar refractivity (Wildman–Crippen MR) is 177 cm³/mol. The molecule has 3 aromatic rings. The normalized spacial score (nSPS) is 17.2. The fourth-order valence-corrected chi connectivity index (χ4v) is 6.13. The molecular weight excluding hydrogens is 593 g/mol. The van der Waals surface area contributed by atoms with Gasteiger partial charge in [-0.05, 0) is 93.0 Å². The molecule has 0 saturated carbocycles. The Morgan fingerprint density at radius 1 is 1.00 bits per heavy atom. The number of carbonyl (C=O) groups excluding carboxylic acids is 1. The standard InChI is InChI=1S/C35H45ClFN5O3/c1-26-3-10-31(21-34(26)36)41-19-17-40(18-20-41)24-32(43)25-45-33-11-6-27(7-12-33)22-38-35(44)42(30-13-15-39(2)16-14-30)23-28-4-8-29(37)9-5-28/h3-12,21,30,32,43H,13-20,22-25H2,1-2H3,(H,38,44). The van der Waals surface area contributed by atoms with Crippen LogP contribution in [0.25, 0.3) is 0 Å². The molecule has 2 saturated heterocycles. The number of nitrogens with zero attached hydrogens (tertiary/aromatic N) is 4. The third kappa shape index (κ3) is 9.56. The highest BCUT2D eigenvalue weighted by molar-refractivity contribution is 6.31. The molecule has 1 atom stereocenters. The number of urea groups is 1. The van der Waals surface area contributed by atoms with Crippen LogP contribution in [0.2, 0.25) is 5.02 Å². The minimum atomic E-state index is -0.601. The van der Waals surface area contributed by atoms with Crippen LogP contribution in [-0.2, 0) is 13.1 Å². The lowest BCUT2D eigenvalue weighted by molar-refractivity contribution is 0.0663. The highest BCUT2D eigenvalue weighted by atomic mass is 35.5. The van der Waals surface area contributed by atoms with Gasteiger partial charge < -0.3 is 29.9 Å². The molecule has 10 heteroatoms. The Kier molecular flexibility index (Phi) is 11.6. The van der Waals surface area contributed by atoms with Crippen LogP contribution >= 0.6 is 11.6 Å². The molecule has 0 radical (unpaired) electrons. The van der Waals surface area contributed by atoms with E-state index < -0.39 is 6.10 Å². The zero-order valence-corrected chi connectivity index (χ0v) is 27.1. The Morgan fingerprint density at radius 3 is 2.33 bits per heavy atom. The molecule has 1 unspecified atom stereocenters. The molecule has 45 heavy (non-hydrogen) atoms. The van der Waals surface area contributed by atoms with Crippen molar-refractivity contribution in [2.24, 2.45) is 0 Å². The van der Waals surface area contributed by atoms with Crippen molar-refractivity contribution in [3.63, 3.8) is 0 Å². The molecule has 0 aromatic heterocycles. The minimum absolute atomic E-state index is 0.124. The van der Waals surface area contributed by atoms with Gasteiger partial charge in [0.2, 0.25) is 0 Å². The van der Waals surface area contributed by atoms with E-state index in [1.165, 1.54) is 12.1 Å². The maximum absolute atomic E-state index is 13.5. The average Bonchev–Trinajstić information content (AvgIpc) is 3.05. The van der Waals surface area contributed by atoms with Gasteiger partial charge in [-0.25, -0.2) is 9.18 Å². The summed E-state index contributed by atoms with van der Waals surface area (Å²) < 4.78 is 19.3. The van der Waals surface area contributed by atoms with Crippen molar-refractivity contribution in [1.29, 1.82) is 0 Å². The summed E-state index contributed by atoms with van der Waals surface area (Å²) in [6.45, 7) is 8.96. The molecule has 5 rings (SSSR count). The number of anilines is 1. The van der Waals surface area contributed by atoms with Gasteiger partial charge in [-0.3, -0.25) is 4.90 Å². The molecule has 2 heterocycles. The Morgan fingerprint density at radius 2 is 1.67 bits per heavy atom. The first-order valence-corrected chi connectivity index (χ1v) is 16.2. The third-order valence-corrected chi connectivity index (χ3v) is 9.23. The number of rotatable bonds is 11. The van der Waals surface area contributed by atoms with E-state index >= 15 is 0 Å². The highest BCUT2D eigenvalue weighted by Crippen LogP contribution is 2.24. The Labute approximate surface area is 271 Å². The van der Waals surface area contributed by atoms with Gasteiger partial charge in [0, 0.05) is 62.6 Å². The second-order valence-electron chi connectivity index (χ2n) is 12.3.